The van der Waals surface area contributed by atoms with Gasteiger partial charge in [0.1, 0.15) is 24.0 Å². The van der Waals surface area contributed by atoms with Gasteiger partial charge >= 0.3 is 0 Å². The van der Waals surface area contributed by atoms with E-state index in [1.165, 1.54) is 5.56 Å². The monoisotopic (exact) mass is 389 g/mol. The number of morpholine rings is 1. The molecule has 0 amide bonds. The maximum atomic E-state index is 9.81. The molecule has 0 aliphatic carbocycles. The van der Waals surface area contributed by atoms with E-state index in [1.807, 2.05) is 43.3 Å². The number of pyridine rings is 1. The van der Waals surface area contributed by atoms with Gasteiger partial charge in [-0.2, -0.15) is 5.26 Å². The fourth-order valence-electron chi connectivity index (χ4n) is 3.33. The summed E-state index contributed by atoms with van der Waals surface area (Å²) in [6.07, 6.45) is 1.60. The average Bonchev–Trinajstić information content (AvgIpc) is 3.29. The smallest absolute Gasteiger partial charge is 0.233 e. The number of hydrogen-bond acceptors (Lipinski definition) is 6. The molecule has 0 spiro atoms. The first-order valence-electron chi connectivity index (χ1n) is 9.73. The Morgan fingerprint density at radius 1 is 1.17 bits per heavy atom. The van der Waals surface area contributed by atoms with E-state index in [0.29, 0.717) is 29.4 Å². The molecule has 0 bridgehead atoms. The minimum atomic E-state index is 0.338. The number of furan rings is 1. The lowest BCUT2D eigenvalue weighted by Crippen LogP contribution is -2.38. The summed E-state index contributed by atoms with van der Waals surface area (Å²) in [6.45, 7) is 6.54. The first-order valence-corrected chi connectivity index (χ1v) is 9.73. The second-order valence-electron chi connectivity index (χ2n) is 6.99. The van der Waals surface area contributed by atoms with Crippen LogP contribution in [-0.4, -0.2) is 49.3 Å². The molecular formula is C23H23N3O3. The van der Waals surface area contributed by atoms with Crippen molar-refractivity contribution in [1.29, 1.82) is 5.26 Å². The molecule has 3 aromatic rings. The molecule has 1 aromatic carbocycles. The van der Waals surface area contributed by atoms with Gasteiger partial charge in [-0.15, -0.1) is 0 Å². The van der Waals surface area contributed by atoms with E-state index in [4.69, 9.17) is 13.9 Å². The summed E-state index contributed by atoms with van der Waals surface area (Å²) in [6, 6.07) is 15.9. The number of hydrogen-bond donors (Lipinski definition) is 0. The van der Waals surface area contributed by atoms with Gasteiger partial charge in [-0.1, -0.05) is 29.8 Å². The van der Waals surface area contributed by atoms with Crippen molar-refractivity contribution in [3.8, 4) is 34.5 Å². The van der Waals surface area contributed by atoms with Crippen molar-refractivity contribution in [1.82, 2.24) is 9.88 Å². The van der Waals surface area contributed by atoms with Crippen molar-refractivity contribution in [3.05, 3.63) is 59.9 Å². The van der Waals surface area contributed by atoms with Gasteiger partial charge in [0.2, 0.25) is 5.88 Å². The van der Waals surface area contributed by atoms with Gasteiger partial charge in [0, 0.05) is 30.8 Å². The van der Waals surface area contributed by atoms with Crippen LogP contribution in [-0.2, 0) is 4.74 Å². The molecule has 2 aromatic heterocycles. The Morgan fingerprint density at radius 2 is 1.97 bits per heavy atom. The Balaban J connectivity index is 1.66. The summed E-state index contributed by atoms with van der Waals surface area (Å²) in [5.41, 5.74) is 3.96. The normalized spacial score (nSPS) is 14.5. The van der Waals surface area contributed by atoms with Crippen molar-refractivity contribution in [3.63, 3.8) is 0 Å². The summed E-state index contributed by atoms with van der Waals surface area (Å²) in [5, 5.41) is 9.81. The quantitative estimate of drug-likeness (QED) is 0.637. The summed E-state index contributed by atoms with van der Waals surface area (Å²) in [4.78, 5) is 6.95. The van der Waals surface area contributed by atoms with Crippen molar-refractivity contribution in [2.45, 2.75) is 6.92 Å². The highest BCUT2D eigenvalue weighted by molar-refractivity contribution is 5.75. The number of ether oxygens (including phenoxy) is 2. The molecule has 29 heavy (non-hydrogen) atoms. The predicted molar refractivity (Wildman–Crippen MR) is 110 cm³/mol. The largest absolute Gasteiger partial charge is 0.475 e. The zero-order valence-electron chi connectivity index (χ0n) is 16.4. The molecule has 0 unspecified atom stereocenters. The number of benzene rings is 1. The third-order valence-electron chi connectivity index (χ3n) is 4.98. The predicted octanol–water partition coefficient (Wildman–Crippen LogP) is 3.90. The van der Waals surface area contributed by atoms with Crippen LogP contribution >= 0.6 is 0 Å². The summed E-state index contributed by atoms with van der Waals surface area (Å²) >= 11 is 0. The Kier molecular flexibility index (Phi) is 5.89. The number of aromatic nitrogens is 1. The van der Waals surface area contributed by atoms with E-state index >= 15 is 0 Å². The SMILES string of the molecule is Cc1ccc(-c2cc(-c3ccco3)c(C#N)c(OCCN3CCOCC3)n2)cc1. The molecule has 0 N–H and O–H groups in total. The number of rotatable bonds is 6. The maximum Gasteiger partial charge on any atom is 0.233 e. The molecule has 3 heterocycles. The van der Waals surface area contributed by atoms with E-state index < -0.39 is 0 Å². The topological polar surface area (TPSA) is 71.5 Å². The Labute approximate surface area is 170 Å². The number of aryl methyl sites for hydroxylation is 1. The van der Waals surface area contributed by atoms with Crippen LogP contribution in [0.5, 0.6) is 5.88 Å². The second-order valence-corrected chi connectivity index (χ2v) is 6.99. The minimum Gasteiger partial charge on any atom is -0.475 e. The average molecular weight is 389 g/mol. The van der Waals surface area contributed by atoms with Crippen molar-refractivity contribution in [2.24, 2.45) is 0 Å². The number of nitriles is 1. The lowest BCUT2D eigenvalue weighted by Gasteiger charge is -2.26. The van der Waals surface area contributed by atoms with Crippen molar-refractivity contribution < 1.29 is 13.9 Å². The summed E-state index contributed by atoms with van der Waals surface area (Å²) < 4.78 is 17.0. The van der Waals surface area contributed by atoms with Crippen LogP contribution in [0.2, 0.25) is 0 Å². The third kappa shape index (κ3) is 4.48. The molecule has 1 fully saturated rings. The lowest BCUT2D eigenvalue weighted by atomic mass is 10.0. The van der Waals surface area contributed by atoms with E-state index in [1.54, 1.807) is 12.3 Å². The fraction of sp³-hybridized carbons (Fsp3) is 0.304. The molecule has 0 atom stereocenters. The molecule has 6 nitrogen and oxygen atoms in total. The van der Waals surface area contributed by atoms with E-state index in [9.17, 15) is 5.26 Å². The zero-order chi connectivity index (χ0) is 20.1. The van der Waals surface area contributed by atoms with Crippen LogP contribution in [0.4, 0.5) is 0 Å². The first kappa shape index (κ1) is 19.2. The van der Waals surface area contributed by atoms with Crippen LogP contribution in [0.1, 0.15) is 11.1 Å². The Hall–Kier alpha value is -3.14. The summed E-state index contributed by atoms with van der Waals surface area (Å²) in [7, 11) is 0. The van der Waals surface area contributed by atoms with Crippen LogP contribution in [0.15, 0.2) is 53.1 Å². The summed E-state index contributed by atoms with van der Waals surface area (Å²) in [5.74, 6) is 0.959. The van der Waals surface area contributed by atoms with Crippen molar-refractivity contribution in [2.75, 3.05) is 39.5 Å². The lowest BCUT2D eigenvalue weighted by molar-refractivity contribution is 0.0320. The van der Waals surface area contributed by atoms with Crippen LogP contribution in [0.25, 0.3) is 22.6 Å². The van der Waals surface area contributed by atoms with Crippen LogP contribution in [0.3, 0.4) is 0 Å². The molecule has 0 radical (unpaired) electrons. The van der Waals surface area contributed by atoms with Crippen LogP contribution < -0.4 is 4.74 Å². The maximum absolute atomic E-state index is 9.81. The van der Waals surface area contributed by atoms with Gasteiger partial charge in [-0.3, -0.25) is 4.90 Å². The Morgan fingerprint density at radius 3 is 2.66 bits per heavy atom. The zero-order valence-corrected chi connectivity index (χ0v) is 16.4. The van der Waals surface area contributed by atoms with Gasteiger partial charge in [0.15, 0.2) is 0 Å². The van der Waals surface area contributed by atoms with Crippen LogP contribution in [0, 0.1) is 18.3 Å². The molecular weight excluding hydrogens is 366 g/mol. The molecule has 1 aliphatic rings. The van der Waals surface area contributed by atoms with Crippen molar-refractivity contribution >= 4 is 0 Å². The number of nitrogens with zero attached hydrogens (tertiary/aromatic N) is 3. The van der Waals surface area contributed by atoms with Gasteiger partial charge in [0.05, 0.1) is 25.2 Å². The first-order chi connectivity index (χ1) is 14.2. The molecule has 6 heteroatoms. The molecule has 1 aliphatic heterocycles. The highest BCUT2D eigenvalue weighted by Gasteiger charge is 2.19. The highest BCUT2D eigenvalue weighted by Crippen LogP contribution is 2.33. The standard InChI is InChI=1S/C23H23N3O3/c1-17-4-6-18(7-5-17)21-15-19(22-3-2-11-28-22)20(16-24)23(25-21)29-14-10-26-8-12-27-13-9-26/h2-7,11,15H,8-10,12-14H2,1H3. The minimum absolute atomic E-state index is 0.338. The third-order valence-corrected chi connectivity index (χ3v) is 4.98. The molecule has 148 valence electrons. The van der Waals surface area contributed by atoms with Gasteiger partial charge in [-0.05, 0) is 25.1 Å². The molecule has 1 saturated heterocycles. The highest BCUT2D eigenvalue weighted by atomic mass is 16.5. The second kappa shape index (κ2) is 8.91. The Bertz CT molecular complexity index is 985. The van der Waals surface area contributed by atoms with E-state index in [-0.39, 0.29) is 0 Å². The van der Waals surface area contributed by atoms with Gasteiger partial charge < -0.3 is 13.9 Å². The molecule has 4 rings (SSSR count). The van der Waals surface area contributed by atoms with Gasteiger partial charge in [0.25, 0.3) is 0 Å². The van der Waals surface area contributed by atoms with Gasteiger partial charge in [-0.25, -0.2) is 4.98 Å². The fourth-order valence-corrected chi connectivity index (χ4v) is 3.33. The van der Waals surface area contributed by atoms with E-state index in [2.05, 4.69) is 16.0 Å². The molecule has 0 saturated carbocycles. The van der Waals surface area contributed by atoms with E-state index in [0.717, 1.165) is 44.1 Å².